The van der Waals surface area contributed by atoms with Gasteiger partial charge in [-0.1, -0.05) is 48.5 Å². The lowest BCUT2D eigenvalue weighted by Gasteiger charge is -2.33. The second-order valence-corrected chi connectivity index (χ2v) is 8.44. The molecule has 0 bridgehead atoms. The fourth-order valence-corrected chi connectivity index (χ4v) is 4.76. The number of nitrogens with two attached hydrogens (primary N) is 1. The summed E-state index contributed by atoms with van der Waals surface area (Å²) in [6, 6.07) is 20.7. The Morgan fingerprint density at radius 3 is 2.13 bits per heavy atom. The zero-order valence-electron chi connectivity index (χ0n) is 17.7. The number of benzene rings is 2. The number of hydrazine groups is 1. The van der Waals surface area contributed by atoms with Crippen molar-refractivity contribution in [3.63, 3.8) is 0 Å². The number of nitrogens with one attached hydrogen (secondary N) is 2. The van der Waals surface area contributed by atoms with E-state index in [-0.39, 0.29) is 5.91 Å². The van der Waals surface area contributed by atoms with Crippen molar-refractivity contribution < 1.29 is 4.79 Å². The smallest absolute Gasteiger partial charge is 0.254 e. The highest BCUT2D eigenvalue weighted by Crippen LogP contribution is 2.46. The minimum atomic E-state index is 0.190. The summed E-state index contributed by atoms with van der Waals surface area (Å²) in [7, 11) is 0. The van der Waals surface area contributed by atoms with Gasteiger partial charge in [0.2, 0.25) is 0 Å². The highest BCUT2D eigenvalue weighted by atomic mass is 16.2. The Morgan fingerprint density at radius 1 is 0.967 bits per heavy atom. The lowest BCUT2D eigenvalue weighted by atomic mass is 9.81. The molecule has 2 aromatic rings. The van der Waals surface area contributed by atoms with Crippen LogP contribution in [0.15, 0.2) is 60.7 Å². The van der Waals surface area contributed by atoms with Crippen LogP contribution in [0.1, 0.15) is 53.9 Å². The Labute approximate surface area is 180 Å². The largest absolute Gasteiger partial charge is 0.335 e. The molecule has 2 aliphatic carbocycles. The summed E-state index contributed by atoms with van der Waals surface area (Å²) >= 11 is 0. The zero-order chi connectivity index (χ0) is 21.3. The van der Waals surface area contributed by atoms with Crippen molar-refractivity contribution in [3.05, 3.63) is 71.8 Å². The van der Waals surface area contributed by atoms with Gasteiger partial charge in [-0.3, -0.25) is 16.1 Å². The molecule has 30 heavy (non-hydrogen) atoms. The third-order valence-corrected chi connectivity index (χ3v) is 6.49. The van der Waals surface area contributed by atoms with Gasteiger partial charge in [0.15, 0.2) is 0 Å². The van der Waals surface area contributed by atoms with E-state index in [4.69, 9.17) is 11.3 Å². The first-order valence-corrected chi connectivity index (χ1v) is 11.0. The Bertz CT molecular complexity index is 774. The molecular weight excluding hydrogens is 372 g/mol. The molecule has 5 nitrogen and oxygen atoms in total. The lowest BCUT2D eigenvalue weighted by molar-refractivity contribution is 0.0686. The van der Waals surface area contributed by atoms with Gasteiger partial charge in [0, 0.05) is 30.6 Å². The van der Waals surface area contributed by atoms with Crippen LogP contribution in [0.2, 0.25) is 0 Å². The van der Waals surface area contributed by atoms with Gasteiger partial charge in [-0.2, -0.15) is 0 Å². The van der Waals surface area contributed by atoms with Crippen molar-refractivity contribution in [3.8, 4) is 0 Å². The van der Waals surface area contributed by atoms with E-state index in [2.05, 4.69) is 47.4 Å². The molecule has 2 fully saturated rings. The molecule has 0 radical (unpaired) electrons. The minimum Gasteiger partial charge on any atom is -0.335 e. The maximum absolute atomic E-state index is 13.3. The predicted molar refractivity (Wildman–Crippen MR) is 123 cm³/mol. The molecule has 0 saturated heterocycles. The quantitative estimate of drug-likeness (QED) is 0.366. The number of hydrogen-bond donors (Lipinski definition) is 3. The molecule has 5 heteroatoms. The molecule has 160 valence electrons. The summed E-state index contributed by atoms with van der Waals surface area (Å²) in [5.74, 6) is 7.44. The van der Waals surface area contributed by atoms with Gasteiger partial charge in [-0.05, 0) is 68.4 Å². The van der Waals surface area contributed by atoms with Crippen LogP contribution in [0, 0.1) is 17.2 Å². The van der Waals surface area contributed by atoms with Crippen LogP contribution in [0.3, 0.4) is 0 Å². The van der Waals surface area contributed by atoms with E-state index in [0.717, 1.165) is 25.1 Å². The molecule has 2 aromatic carbocycles. The Balaban J connectivity index is 0.00000124. The fraction of sp³-hybridized carbons (Fsp3) is 0.440. The first-order chi connectivity index (χ1) is 14.8. The molecule has 0 aliphatic heterocycles. The van der Waals surface area contributed by atoms with E-state index >= 15 is 0 Å². The van der Waals surface area contributed by atoms with Gasteiger partial charge >= 0.3 is 0 Å². The van der Waals surface area contributed by atoms with Crippen LogP contribution in [-0.4, -0.2) is 36.7 Å². The molecule has 2 atom stereocenters. The summed E-state index contributed by atoms with van der Waals surface area (Å²) in [6.45, 7) is 4.28. The second kappa shape index (κ2) is 11.0. The van der Waals surface area contributed by atoms with Crippen molar-refractivity contribution in [2.75, 3.05) is 13.1 Å². The molecule has 2 unspecified atom stereocenters. The standard InChI is InChI=1S/C24H31N3O.CH3N/c25-26-16-18-11-13-19(14-12-18)17-27(24(28)21-9-5-2-6-10-21)23-15-22(23)20-7-3-1-4-8-20;1-2/h1-10,18-19,22-23,26H,11-17,25H2;2H,1H2. The number of amides is 1. The van der Waals surface area contributed by atoms with Gasteiger partial charge in [0.25, 0.3) is 5.91 Å². The summed E-state index contributed by atoms with van der Waals surface area (Å²) in [5, 5.41) is 5.50. The zero-order valence-corrected chi connectivity index (χ0v) is 17.7. The Morgan fingerprint density at radius 2 is 1.53 bits per heavy atom. The molecule has 1 amide bonds. The highest BCUT2D eigenvalue weighted by molar-refractivity contribution is 5.94. The molecule has 4 rings (SSSR count). The van der Waals surface area contributed by atoms with E-state index in [1.165, 1.54) is 31.2 Å². The van der Waals surface area contributed by atoms with E-state index in [0.29, 0.717) is 23.8 Å². The van der Waals surface area contributed by atoms with Crippen LogP contribution in [0.5, 0.6) is 0 Å². The number of rotatable bonds is 7. The van der Waals surface area contributed by atoms with Crippen molar-refractivity contribution in [1.29, 1.82) is 5.41 Å². The van der Waals surface area contributed by atoms with Crippen LogP contribution < -0.4 is 11.3 Å². The van der Waals surface area contributed by atoms with Crippen LogP contribution in [0.4, 0.5) is 0 Å². The fourth-order valence-electron chi connectivity index (χ4n) is 4.76. The SMILES string of the molecule is C=N.NNCC1CCC(CN(C(=O)c2ccccc2)C2CC2c2ccccc2)CC1. The summed E-state index contributed by atoms with van der Waals surface area (Å²) in [4.78, 5) is 15.5. The maximum atomic E-state index is 13.3. The normalized spacial score (nSPS) is 25.0. The molecule has 0 aromatic heterocycles. The van der Waals surface area contributed by atoms with Crippen molar-refractivity contribution in [1.82, 2.24) is 10.3 Å². The van der Waals surface area contributed by atoms with E-state index in [1.807, 2.05) is 30.3 Å². The average Bonchev–Trinajstić information content (AvgIpc) is 3.61. The molecule has 2 saturated carbocycles. The van der Waals surface area contributed by atoms with Gasteiger partial charge in [0.1, 0.15) is 0 Å². The number of nitrogens with zero attached hydrogens (tertiary/aromatic N) is 1. The molecular formula is C25H34N4O. The van der Waals surface area contributed by atoms with Gasteiger partial charge in [-0.25, -0.2) is 0 Å². The third-order valence-electron chi connectivity index (χ3n) is 6.49. The van der Waals surface area contributed by atoms with Crippen LogP contribution in [0.25, 0.3) is 0 Å². The van der Waals surface area contributed by atoms with Crippen molar-refractivity contribution in [2.45, 2.75) is 44.1 Å². The van der Waals surface area contributed by atoms with Gasteiger partial charge in [-0.15, -0.1) is 0 Å². The monoisotopic (exact) mass is 406 g/mol. The topological polar surface area (TPSA) is 82.2 Å². The number of carbonyl (C=O) groups excluding carboxylic acids is 1. The number of hydrogen-bond acceptors (Lipinski definition) is 4. The summed E-state index contributed by atoms with van der Waals surface area (Å²) in [6.07, 6.45) is 5.86. The third kappa shape index (κ3) is 5.55. The minimum absolute atomic E-state index is 0.190. The average molecular weight is 407 g/mol. The van der Waals surface area contributed by atoms with E-state index in [9.17, 15) is 4.79 Å². The second-order valence-electron chi connectivity index (χ2n) is 8.44. The van der Waals surface area contributed by atoms with Crippen LogP contribution in [-0.2, 0) is 0 Å². The van der Waals surface area contributed by atoms with Gasteiger partial charge in [0.05, 0.1) is 0 Å². The first kappa shape index (κ1) is 22.2. The Kier molecular flexibility index (Phi) is 8.17. The van der Waals surface area contributed by atoms with E-state index < -0.39 is 0 Å². The molecule has 0 spiro atoms. The van der Waals surface area contributed by atoms with Gasteiger partial charge < -0.3 is 10.3 Å². The van der Waals surface area contributed by atoms with Crippen molar-refractivity contribution in [2.24, 2.45) is 17.7 Å². The maximum Gasteiger partial charge on any atom is 0.254 e. The molecule has 0 heterocycles. The van der Waals surface area contributed by atoms with E-state index in [1.54, 1.807) is 0 Å². The molecule has 2 aliphatic rings. The Hall–Kier alpha value is -2.50. The lowest BCUT2D eigenvalue weighted by Crippen LogP contribution is -2.39. The highest BCUT2D eigenvalue weighted by Gasteiger charge is 2.45. The van der Waals surface area contributed by atoms with Crippen LogP contribution >= 0.6 is 0 Å². The first-order valence-electron chi connectivity index (χ1n) is 11.0. The predicted octanol–water partition coefficient (Wildman–Crippen LogP) is 4.22. The summed E-state index contributed by atoms with van der Waals surface area (Å²) < 4.78 is 0. The number of carbonyl (C=O) groups is 1. The van der Waals surface area contributed by atoms with Crippen molar-refractivity contribution >= 4 is 12.6 Å². The summed E-state index contributed by atoms with van der Waals surface area (Å²) in [5.41, 5.74) is 4.99. The molecule has 4 N–H and O–H groups in total.